The monoisotopic (exact) mass is 449 g/mol. The van der Waals surface area contributed by atoms with E-state index in [0.717, 1.165) is 56.1 Å². The first-order chi connectivity index (χ1) is 16.1. The van der Waals surface area contributed by atoms with E-state index in [2.05, 4.69) is 65.0 Å². The van der Waals surface area contributed by atoms with Crippen molar-refractivity contribution in [3.8, 4) is 0 Å². The van der Waals surface area contributed by atoms with Gasteiger partial charge in [0.15, 0.2) is 5.96 Å². The van der Waals surface area contributed by atoms with Gasteiger partial charge in [-0.15, -0.1) is 0 Å². The summed E-state index contributed by atoms with van der Waals surface area (Å²) >= 11 is 0. The van der Waals surface area contributed by atoms with Gasteiger partial charge in [0, 0.05) is 43.8 Å². The number of likely N-dealkylation sites (tertiary alicyclic amines) is 1. The Hall–Kier alpha value is -2.86. The molecule has 2 aromatic carbocycles. The molecule has 1 aliphatic rings. The first-order valence-corrected chi connectivity index (χ1v) is 12.3. The van der Waals surface area contributed by atoms with Gasteiger partial charge in [-0.25, -0.2) is 4.99 Å². The number of rotatable bonds is 9. The van der Waals surface area contributed by atoms with Crippen LogP contribution in [0.1, 0.15) is 57.6 Å². The fourth-order valence-corrected chi connectivity index (χ4v) is 4.29. The van der Waals surface area contributed by atoms with E-state index in [9.17, 15) is 4.79 Å². The average Bonchev–Trinajstić information content (AvgIpc) is 2.80. The Labute approximate surface area is 198 Å². The third kappa shape index (κ3) is 8.21. The van der Waals surface area contributed by atoms with Gasteiger partial charge >= 0.3 is 0 Å². The fraction of sp³-hybridized carbons (Fsp3) is 0.481. The number of hydrogen-bond donors (Lipinski definition) is 3. The maximum atomic E-state index is 11.9. The van der Waals surface area contributed by atoms with Crippen LogP contribution in [0.2, 0.25) is 0 Å². The van der Waals surface area contributed by atoms with Crippen molar-refractivity contribution in [1.82, 2.24) is 15.5 Å². The second-order valence-corrected chi connectivity index (χ2v) is 8.86. The Balaban J connectivity index is 1.54. The van der Waals surface area contributed by atoms with Crippen LogP contribution in [0.5, 0.6) is 0 Å². The number of piperidine rings is 1. The number of carbonyl (C=O) groups excluding carboxylic acids is 1. The molecule has 0 radical (unpaired) electrons. The number of guanidine groups is 1. The highest BCUT2D eigenvalue weighted by atomic mass is 16.1. The molecule has 1 aliphatic heterocycles. The van der Waals surface area contributed by atoms with Gasteiger partial charge in [0.2, 0.25) is 5.91 Å². The average molecular weight is 450 g/mol. The number of amides is 1. The van der Waals surface area contributed by atoms with Crippen molar-refractivity contribution in [3.63, 3.8) is 0 Å². The van der Waals surface area contributed by atoms with Gasteiger partial charge < -0.3 is 16.0 Å². The molecule has 178 valence electrons. The molecule has 0 aliphatic carbocycles. The van der Waals surface area contributed by atoms with Crippen LogP contribution < -0.4 is 16.0 Å². The molecular formula is C27H39N5O. The van der Waals surface area contributed by atoms with Crippen LogP contribution in [0.3, 0.4) is 0 Å². The first-order valence-electron chi connectivity index (χ1n) is 12.3. The molecule has 6 nitrogen and oxygen atoms in total. The molecule has 3 rings (SSSR count). The molecule has 0 bridgehead atoms. The van der Waals surface area contributed by atoms with E-state index in [-0.39, 0.29) is 5.91 Å². The maximum absolute atomic E-state index is 11.9. The SMILES string of the molecule is CCCC(=O)Nc1cccc(CN=C(NCC)NC2CCN(Cc3ccccc3)C(C)C2)c1. The minimum atomic E-state index is 0.0564. The van der Waals surface area contributed by atoms with Crippen molar-refractivity contribution < 1.29 is 4.79 Å². The normalized spacial score (nSPS) is 19.2. The van der Waals surface area contributed by atoms with Crippen molar-refractivity contribution in [2.24, 2.45) is 4.99 Å². The van der Waals surface area contributed by atoms with Gasteiger partial charge in [-0.2, -0.15) is 0 Å². The van der Waals surface area contributed by atoms with Gasteiger partial charge in [0.25, 0.3) is 0 Å². The Morgan fingerprint density at radius 1 is 1.09 bits per heavy atom. The molecule has 33 heavy (non-hydrogen) atoms. The topological polar surface area (TPSA) is 68.8 Å². The number of anilines is 1. The molecule has 0 spiro atoms. The molecule has 0 aromatic heterocycles. The number of nitrogens with zero attached hydrogens (tertiary/aromatic N) is 2. The Morgan fingerprint density at radius 2 is 1.88 bits per heavy atom. The van der Waals surface area contributed by atoms with E-state index in [1.54, 1.807) is 0 Å². The molecule has 1 heterocycles. The Bertz CT molecular complexity index is 898. The predicted octanol–water partition coefficient (Wildman–Crippen LogP) is 4.53. The van der Waals surface area contributed by atoms with Crippen LogP contribution >= 0.6 is 0 Å². The van der Waals surface area contributed by atoms with Crippen LogP contribution in [-0.2, 0) is 17.9 Å². The van der Waals surface area contributed by atoms with Gasteiger partial charge in [-0.05, 0) is 56.4 Å². The zero-order valence-electron chi connectivity index (χ0n) is 20.3. The van der Waals surface area contributed by atoms with E-state index in [4.69, 9.17) is 4.99 Å². The summed E-state index contributed by atoms with van der Waals surface area (Å²) < 4.78 is 0. The lowest BCUT2D eigenvalue weighted by molar-refractivity contribution is -0.116. The van der Waals surface area contributed by atoms with Gasteiger partial charge in [-0.1, -0.05) is 49.4 Å². The molecule has 1 saturated heterocycles. The maximum Gasteiger partial charge on any atom is 0.224 e. The lowest BCUT2D eigenvalue weighted by atomic mass is 9.97. The molecule has 2 unspecified atom stereocenters. The Morgan fingerprint density at radius 3 is 2.61 bits per heavy atom. The quantitative estimate of drug-likeness (QED) is 0.389. The van der Waals surface area contributed by atoms with Crippen LogP contribution in [-0.4, -0.2) is 41.9 Å². The van der Waals surface area contributed by atoms with E-state index in [1.807, 2.05) is 31.2 Å². The van der Waals surface area contributed by atoms with Crippen molar-refractivity contribution in [2.75, 3.05) is 18.4 Å². The number of benzene rings is 2. The van der Waals surface area contributed by atoms with Crippen molar-refractivity contribution in [2.45, 2.75) is 71.6 Å². The minimum Gasteiger partial charge on any atom is -0.357 e. The van der Waals surface area contributed by atoms with E-state index < -0.39 is 0 Å². The van der Waals surface area contributed by atoms with Crippen LogP contribution in [0, 0.1) is 0 Å². The van der Waals surface area contributed by atoms with Gasteiger partial charge in [-0.3, -0.25) is 9.69 Å². The largest absolute Gasteiger partial charge is 0.357 e. The molecule has 2 atom stereocenters. The minimum absolute atomic E-state index is 0.0564. The molecule has 2 aromatic rings. The summed E-state index contributed by atoms with van der Waals surface area (Å²) in [4.78, 5) is 19.3. The summed E-state index contributed by atoms with van der Waals surface area (Å²) in [6.07, 6.45) is 3.58. The van der Waals surface area contributed by atoms with E-state index >= 15 is 0 Å². The third-order valence-electron chi connectivity index (χ3n) is 6.03. The molecule has 6 heteroatoms. The van der Waals surface area contributed by atoms with Crippen LogP contribution in [0.4, 0.5) is 5.69 Å². The summed E-state index contributed by atoms with van der Waals surface area (Å²) in [7, 11) is 0. The third-order valence-corrected chi connectivity index (χ3v) is 6.03. The highest BCUT2D eigenvalue weighted by molar-refractivity contribution is 5.90. The Kier molecular flexibility index (Phi) is 9.76. The lowest BCUT2D eigenvalue weighted by Gasteiger charge is -2.38. The van der Waals surface area contributed by atoms with Crippen molar-refractivity contribution >= 4 is 17.6 Å². The zero-order chi connectivity index (χ0) is 23.5. The van der Waals surface area contributed by atoms with Crippen molar-refractivity contribution in [3.05, 3.63) is 65.7 Å². The summed E-state index contributed by atoms with van der Waals surface area (Å²) in [5, 5.41) is 10.00. The van der Waals surface area contributed by atoms with Crippen LogP contribution in [0.15, 0.2) is 59.6 Å². The second-order valence-electron chi connectivity index (χ2n) is 8.86. The number of nitrogens with one attached hydrogen (secondary N) is 3. The van der Waals surface area contributed by atoms with Crippen LogP contribution in [0.25, 0.3) is 0 Å². The molecule has 1 amide bonds. The number of hydrogen-bond acceptors (Lipinski definition) is 3. The van der Waals surface area contributed by atoms with Gasteiger partial charge in [0.1, 0.15) is 0 Å². The predicted molar refractivity (Wildman–Crippen MR) is 137 cm³/mol. The van der Waals surface area contributed by atoms with E-state index in [0.29, 0.717) is 25.0 Å². The summed E-state index contributed by atoms with van der Waals surface area (Å²) in [6.45, 7) is 9.89. The highest BCUT2D eigenvalue weighted by Gasteiger charge is 2.25. The van der Waals surface area contributed by atoms with E-state index in [1.165, 1.54) is 5.56 Å². The summed E-state index contributed by atoms with van der Waals surface area (Å²) in [5.74, 6) is 0.910. The smallest absolute Gasteiger partial charge is 0.224 e. The molecule has 1 fully saturated rings. The standard InChI is InChI=1S/C27H39N5O/c1-4-10-26(33)30-24-14-9-13-23(18-24)19-29-27(28-5-2)31-25-15-16-32(21(3)17-25)20-22-11-7-6-8-12-22/h6-9,11-14,18,21,25H,4-5,10,15-17,19-20H2,1-3H3,(H,30,33)(H2,28,29,31). The number of aliphatic imine (C=N–C) groups is 1. The summed E-state index contributed by atoms with van der Waals surface area (Å²) in [6, 6.07) is 19.6. The molecule has 3 N–H and O–H groups in total. The summed E-state index contributed by atoms with van der Waals surface area (Å²) in [5.41, 5.74) is 3.28. The molecule has 0 saturated carbocycles. The first kappa shape index (κ1) is 24.8. The lowest BCUT2D eigenvalue weighted by Crippen LogP contribution is -2.51. The highest BCUT2D eigenvalue weighted by Crippen LogP contribution is 2.20. The number of carbonyl (C=O) groups is 1. The molecular weight excluding hydrogens is 410 g/mol. The van der Waals surface area contributed by atoms with Gasteiger partial charge in [0.05, 0.1) is 6.54 Å². The fourth-order valence-electron chi connectivity index (χ4n) is 4.29. The van der Waals surface area contributed by atoms with Crippen molar-refractivity contribution in [1.29, 1.82) is 0 Å². The second kappa shape index (κ2) is 13.0. The zero-order valence-corrected chi connectivity index (χ0v) is 20.3.